The van der Waals surface area contributed by atoms with Gasteiger partial charge in [0.2, 0.25) is 12.2 Å². The van der Waals surface area contributed by atoms with Crippen molar-refractivity contribution in [1.82, 2.24) is 4.90 Å². The molecule has 0 aromatic heterocycles. The van der Waals surface area contributed by atoms with Gasteiger partial charge in [0.1, 0.15) is 5.60 Å². The molecule has 0 spiro atoms. The molecule has 1 saturated carbocycles. The number of carbonyl (C=O) groups is 3. The summed E-state index contributed by atoms with van der Waals surface area (Å²) >= 11 is 0. The van der Waals surface area contributed by atoms with E-state index in [9.17, 15) is 14.4 Å². The van der Waals surface area contributed by atoms with E-state index in [4.69, 9.17) is 14.2 Å². The molecule has 2 aliphatic rings. The normalized spacial score (nSPS) is 24.5. The number of ether oxygens (including phenoxy) is 3. The van der Waals surface area contributed by atoms with Crippen molar-refractivity contribution in [3.8, 4) is 0 Å². The summed E-state index contributed by atoms with van der Waals surface area (Å²) in [6.07, 6.45) is 2.48. The lowest BCUT2D eigenvalue weighted by Crippen LogP contribution is -2.42. The minimum Gasteiger partial charge on any atom is -0.456 e. The van der Waals surface area contributed by atoms with Crippen LogP contribution in [0.15, 0.2) is 0 Å². The number of rotatable bonds is 8. The number of cyclic esters (lactones) is 1. The quantitative estimate of drug-likeness (QED) is 0.471. The van der Waals surface area contributed by atoms with Gasteiger partial charge in [-0.2, -0.15) is 0 Å². The van der Waals surface area contributed by atoms with Crippen molar-refractivity contribution in [3.05, 3.63) is 0 Å². The molecule has 2 fully saturated rings. The zero-order valence-electron chi connectivity index (χ0n) is 17.2. The van der Waals surface area contributed by atoms with Crippen LogP contribution in [0, 0.1) is 0 Å². The molecule has 0 aromatic rings. The van der Waals surface area contributed by atoms with Gasteiger partial charge in [0.05, 0.1) is 6.54 Å². The summed E-state index contributed by atoms with van der Waals surface area (Å²) in [4.78, 5) is 38.7. The van der Waals surface area contributed by atoms with Crippen molar-refractivity contribution in [2.75, 3.05) is 6.54 Å². The van der Waals surface area contributed by atoms with E-state index in [1.807, 2.05) is 39.5 Å². The van der Waals surface area contributed by atoms with Crippen LogP contribution in [0.3, 0.4) is 0 Å². The summed E-state index contributed by atoms with van der Waals surface area (Å²) in [7, 11) is 0. The highest BCUT2D eigenvalue weighted by atomic mass is 16.6. The Morgan fingerprint density at radius 3 is 2.30 bits per heavy atom. The number of hydrogen-bond acceptors (Lipinski definition) is 7. The molecule has 0 amide bonds. The highest BCUT2D eigenvalue weighted by Gasteiger charge is 2.45. The Kier molecular flexibility index (Phi) is 7.25. The van der Waals surface area contributed by atoms with Gasteiger partial charge >= 0.3 is 17.9 Å². The Labute approximate surface area is 161 Å². The van der Waals surface area contributed by atoms with Gasteiger partial charge in [0.25, 0.3) is 0 Å². The van der Waals surface area contributed by atoms with Crippen molar-refractivity contribution >= 4 is 17.9 Å². The Morgan fingerprint density at radius 2 is 1.78 bits per heavy atom. The first-order chi connectivity index (χ1) is 12.7. The standard InChI is InChI=1S/C20H33NO6/c1-6-20(9-7-8-10-20)27-19(24)16-11-15(18(23)26-16)25-17(22)12-21(13(2)3)14(4)5/h13-16H,6-12H2,1-5H3. The molecule has 0 bridgehead atoms. The van der Waals surface area contributed by atoms with Crippen LogP contribution in [-0.4, -0.2) is 59.2 Å². The summed E-state index contributed by atoms with van der Waals surface area (Å²) in [5.41, 5.74) is -0.437. The van der Waals surface area contributed by atoms with E-state index < -0.39 is 35.7 Å². The van der Waals surface area contributed by atoms with Crippen molar-refractivity contribution in [1.29, 1.82) is 0 Å². The van der Waals surface area contributed by atoms with E-state index in [1.165, 1.54) is 0 Å². The molecule has 7 heteroatoms. The van der Waals surface area contributed by atoms with Crippen LogP contribution in [0.5, 0.6) is 0 Å². The molecule has 1 aliphatic heterocycles. The minimum absolute atomic E-state index is 0.0204. The molecule has 1 aliphatic carbocycles. The largest absolute Gasteiger partial charge is 0.456 e. The van der Waals surface area contributed by atoms with E-state index in [2.05, 4.69) is 0 Å². The summed E-state index contributed by atoms with van der Waals surface area (Å²) in [6, 6.07) is 0.347. The number of hydrogen-bond donors (Lipinski definition) is 0. The lowest BCUT2D eigenvalue weighted by molar-refractivity contribution is -0.175. The van der Waals surface area contributed by atoms with Crippen molar-refractivity contribution in [2.45, 2.75) is 103 Å². The van der Waals surface area contributed by atoms with Crippen molar-refractivity contribution in [2.24, 2.45) is 0 Å². The number of carbonyl (C=O) groups excluding carboxylic acids is 3. The van der Waals surface area contributed by atoms with Crippen LogP contribution in [-0.2, 0) is 28.6 Å². The monoisotopic (exact) mass is 383 g/mol. The average molecular weight is 383 g/mol. The fourth-order valence-corrected chi connectivity index (χ4v) is 3.93. The lowest BCUT2D eigenvalue weighted by atomic mass is 9.98. The first-order valence-electron chi connectivity index (χ1n) is 10.1. The molecule has 27 heavy (non-hydrogen) atoms. The SMILES string of the molecule is CCC1(OC(=O)C2CC(OC(=O)CN(C(C)C)C(C)C)C(=O)O2)CCCC1. The van der Waals surface area contributed by atoms with Gasteiger partial charge in [0, 0.05) is 18.5 Å². The summed E-state index contributed by atoms with van der Waals surface area (Å²) in [5.74, 6) is -1.70. The van der Waals surface area contributed by atoms with E-state index in [0.717, 1.165) is 32.1 Å². The molecular formula is C20H33NO6. The summed E-state index contributed by atoms with van der Waals surface area (Å²) in [5, 5.41) is 0. The van der Waals surface area contributed by atoms with Gasteiger partial charge < -0.3 is 14.2 Å². The Bertz CT molecular complexity index is 545. The topological polar surface area (TPSA) is 82.1 Å². The molecule has 2 rings (SSSR count). The molecule has 2 atom stereocenters. The zero-order valence-corrected chi connectivity index (χ0v) is 17.2. The van der Waals surface area contributed by atoms with Crippen LogP contribution in [0.1, 0.15) is 73.1 Å². The average Bonchev–Trinajstić information content (AvgIpc) is 3.20. The molecule has 154 valence electrons. The van der Waals surface area contributed by atoms with Gasteiger partial charge in [0.15, 0.2) is 0 Å². The first-order valence-corrected chi connectivity index (χ1v) is 10.1. The number of nitrogens with zero attached hydrogens (tertiary/aromatic N) is 1. The predicted octanol–water partition coefficient (Wildman–Crippen LogP) is 2.60. The molecule has 1 saturated heterocycles. The molecule has 7 nitrogen and oxygen atoms in total. The highest BCUT2D eigenvalue weighted by Crippen LogP contribution is 2.37. The maximum absolute atomic E-state index is 12.5. The van der Waals surface area contributed by atoms with Gasteiger partial charge in [-0.15, -0.1) is 0 Å². The van der Waals surface area contributed by atoms with Crippen LogP contribution in [0.2, 0.25) is 0 Å². The fourth-order valence-electron chi connectivity index (χ4n) is 3.93. The third-order valence-electron chi connectivity index (χ3n) is 5.60. The summed E-state index contributed by atoms with van der Waals surface area (Å²) in [6.45, 7) is 10.1. The summed E-state index contributed by atoms with van der Waals surface area (Å²) < 4.78 is 16.1. The Morgan fingerprint density at radius 1 is 1.19 bits per heavy atom. The zero-order chi connectivity index (χ0) is 20.2. The molecule has 0 radical (unpaired) electrons. The van der Waals surface area contributed by atoms with Crippen LogP contribution in [0.4, 0.5) is 0 Å². The number of esters is 3. The van der Waals surface area contributed by atoms with Crippen LogP contribution >= 0.6 is 0 Å². The Balaban J connectivity index is 1.89. The van der Waals surface area contributed by atoms with E-state index in [0.29, 0.717) is 0 Å². The maximum Gasteiger partial charge on any atom is 0.348 e. The highest BCUT2D eigenvalue weighted by molar-refractivity contribution is 5.87. The second-order valence-corrected chi connectivity index (χ2v) is 8.16. The Hall–Kier alpha value is -1.63. The van der Waals surface area contributed by atoms with Gasteiger partial charge in [-0.25, -0.2) is 9.59 Å². The molecule has 0 aromatic carbocycles. The van der Waals surface area contributed by atoms with Gasteiger partial charge in [-0.05, 0) is 59.8 Å². The van der Waals surface area contributed by atoms with E-state index in [-0.39, 0.29) is 25.0 Å². The van der Waals surface area contributed by atoms with Crippen LogP contribution < -0.4 is 0 Å². The van der Waals surface area contributed by atoms with Crippen molar-refractivity contribution < 1.29 is 28.6 Å². The van der Waals surface area contributed by atoms with E-state index in [1.54, 1.807) is 0 Å². The third kappa shape index (κ3) is 5.43. The second kappa shape index (κ2) is 9.04. The van der Waals surface area contributed by atoms with Gasteiger partial charge in [-0.1, -0.05) is 6.92 Å². The molecule has 0 N–H and O–H groups in total. The second-order valence-electron chi connectivity index (χ2n) is 8.16. The third-order valence-corrected chi connectivity index (χ3v) is 5.60. The van der Waals surface area contributed by atoms with Crippen molar-refractivity contribution in [3.63, 3.8) is 0 Å². The first kappa shape index (κ1) is 21.7. The molecular weight excluding hydrogens is 350 g/mol. The molecule has 1 heterocycles. The lowest BCUT2D eigenvalue weighted by Gasteiger charge is -2.29. The predicted molar refractivity (Wildman–Crippen MR) is 98.9 cm³/mol. The van der Waals surface area contributed by atoms with Crippen LogP contribution in [0.25, 0.3) is 0 Å². The van der Waals surface area contributed by atoms with E-state index >= 15 is 0 Å². The minimum atomic E-state index is -1.04. The maximum atomic E-state index is 12.5. The van der Waals surface area contributed by atoms with Gasteiger partial charge in [-0.3, -0.25) is 9.69 Å². The smallest absolute Gasteiger partial charge is 0.348 e. The fraction of sp³-hybridized carbons (Fsp3) is 0.850. The molecule has 2 unspecified atom stereocenters.